The first-order chi connectivity index (χ1) is 8.76. The molecule has 1 rings (SSSR count). The zero-order chi connectivity index (χ0) is 13.2. The van der Waals surface area contributed by atoms with E-state index in [1.54, 1.807) is 0 Å². The minimum Gasteiger partial charge on any atom is -0.494 e. The number of rotatable bonds is 7. The van der Waals surface area contributed by atoms with E-state index >= 15 is 0 Å². The maximum Gasteiger partial charge on any atom is 0.166 e. The smallest absolute Gasteiger partial charge is 0.166 e. The lowest BCUT2D eigenvalue weighted by Gasteiger charge is -2.10. The van der Waals surface area contributed by atoms with Crippen LogP contribution in [0.3, 0.4) is 0 Å². The Morgan fingerprint density at radius 2 is 1.67 bits per heavy atom. The van der Waals surface area contributed by atoms with Gasteiger partial charge in [0.15, 0.2) is 5.11 Å². The molecule has 100 valence electrons. The molecular formula is C13H20N2O2S. The topological polar surface area (TPSA) is 42.5 Å². The monoisotopic (exact) mass is 268 g/mol. The molecule has 0 heterocycles. The average Bonchev–Trinajstić information content (AvgIpc) is 2.37. The summed E-state index contributed by atoms with van der Waals surface area (Å²) < 4.78 is 10.9. The van der Waals surface area contributed by atoms with Crippen molar-refractivity contribution in [3.05, 3.63) is 24.3 Å². The standard InChI is InChI=1S/C13H20N2O2S/c1-3-14-13(18)15-9-10-17-12-7-5-11(6-8-12)16-4-2/h5-8H,3-4,9-10H2,1-2H3,(H2,14,15,18). The van der Waals surface area contributed by atoms with E-state index in [4.69, 9.17) is 21.7 Å². The van der Waals surface area contributed by atoms with Crippen LogP contribution in [-0.2, 0) is 0 Å². The fourth-order valence-corrected chi connectivity index (χ4v) is 1.60. The van der Waals surface area contributed by atoms with Crippen LogP contribution in [0.15, 0.2) is 24.3 Å². The first-order valence-corrected chi connectivity index (χ1v) is 6.54. The van der Waals surface area contributed by atoms with E-state index in [9.17, 15) is 0 Å². The second-order valence-electron chi connectivity index (χ2n) is 3.54. The predicted octanol–water partition coefficient (Wildman–Crippen LogP) is 1.95. The van der Waals surface area contributed by atoms with Crippen molar-refractivity contribution in [2.45, 2.75) is 13.8 Å². The normalized spacial score (nSPS) is 9.67. The van der Waals surface area contributed by atoms with Gasteiger partial charge in [0.25, 0.3) is 0 Å². The van der Waals surface area contributed by atoms with Crippen LogP contribution in [0.2, 0.25) is 0 Å². The molecule has 0 atom stereocenters. The lowest BCUT2D eigenvalue weighted by Crippen LogP contribution is -2.37. The molecule has 0 aliphatic rings. The Morgan fingerprint density at radius 3 is 2.22 bits per heavy atom. The summed E-state index contributed by atoms with van der Waals surface area (Å²) in [6.07, 6.45) is 0. The molecule has 5 heteroatoms. The zero-order valence-corrected chi connectivity index (χ0v) is 11.7. The van der Waals surface area contributed by atoms with Crippen LogP contribution in [0.1, 0.15) is 13.8 Å². The highest BCUT2D eigenvalue weighted by Crippen LogP contribution is 2.17. The average molecular weight is 268 g/mol. The van der Waals surface area contributed by atoms with Crippen LogP contribution in [0.4, 0.5) is 0 Å². The molecule has 2 N–H and O–H groups in total. The van der Waals surface area contributed by atoms with Crippen LogP contribution in [-0.4, -0.2) is 31.4 Å². The maximum atomic E-state index is 5.56. The third-order valence-corrected chi connectivity index (χ3v) is 2.42. The van der Waals surface area contributed by atoms with Crippen molar-refractivity contribution < 1.29 is 9.47 Å². The molecule has 0 saturated carbocycles. The first-order valence-electron chi connectivity index (χ1n) is 6.13. The number of hydrogen-bond donors (Lipinski definition) is 2. The van der Waals surface area contributed by atoms with Crippen molar-refractivity contribution >= 4 is 17.3 Å². The number of nitrogens with one attached hydrogen (secondary N) is 2. The molecule has 0 fully saturated rings. The van der Waals surface area contributed by atoms with Crippen molar-refractivity contribution in [3.8, 4) is 11.5 Å². The summed E-state index contributed by atoms with van der Waals surface area (Å²) in [5.41, 5.74) is 0. The largest absolute Gasteiger partial charge is 0.494 e. The molecule has 0 aliphatic carbocycles. The third-order valence-electron chi connectivity index (χ3n) is 2.13. The second-order valence-corrected chi connectivity index (χ2v) is 3.95. The molecular weight excluding hydrogens is 248 g/mol. The van der Waals surface area contributed by atoms with Gasteiger partial charge in [0.2, 0.25) is 0 Å². The summed E-state index contributed by atoms with van der Waals surface area (Å²) in [5, 5.41) is 6.73. The molecule has 0 aromatic heterocycles. The van der Waals surface area contributed by atoms with Gasteiger partial charge in [0.1, 0.15) is 18.1 Å². The van der Waals surface area contributed by atoms with Crippen molar-refractivity contribution in [1.82, 2.24) is 10.6 Å². The SMILES string of the molecule is CCNC(=S)NCCOc1ccc(OCC)cc1. The van der Waals surface area contributed by atoms with Crippen molar-refractivity contribution in [1.29, 1.82) is 0 Å². The molecule has 1 aromatic carbocycles. The molecule has 0 unspecified atom stereocenters. The van der Waals surface area contributed by atoms with E-state index in [1.165, 1.54) is 0 Å². The summed E-state index contributed by atoms with van der Waals surface area (Å²) in [4.78, 5) is 0. The Hall–Kier alpha value is -1.49. The van der Waals surface area contributed by atoms with Gasteiger partial charge < -0.3 is 20.1 Å². The van der Waals surface area contributed by atoms with E-state index in [1.807, 2.05) is 38.1 Å². The van der Waals surface area contributed by atoms with Gasteiger partial charge in [-0.2, -0.15) is 0 Å². The fraction of sp³-hybridized carbons (Fsp3) is 0.462. The van der Waals surface area contributed by atoms with Gasteiger partial charge in [0, 0.05) is 6.54 Å². The summed E-state index contributed by atoms with van der Waals surface area (Å²) in [6, 6.07) is 7.59. The fourth-order valence-electron chi connectivity index (χ4n) is 1.36. The lowest BCUT2D eigenvalue weighted by atomic mass is 10.3. The Bertz CT molecular complexity index is 355. The van der Waals surface area contributed by atoms with Gasteiger partial charge >= 0.3 is 0 Å². The van der Waals surface area contributed by atoms with Crippen molar-refractivity contribution in [2.24, 2.45) is 0 Å². The molecule has 0 amide bonds. The first kappa shape index (κ1) is 14.6. The van der Waals surface area contributed by atoms with Crippen LogP contribution in [0.25, 0.3) is 0 Å². The zero-order valence-electron chi connectivity index (χ0n) is 10.9. The van der Waals surface area contributed by atoms with Crippen LogP contribution >= 0.6 is 12.2 Å². The van der Waals surface area contributed by atoms with E-state index in [0.29, 0.717) is 24.9 Å². The van der Waals surface area contributed by atoms with E-state index in [-0.39, 0.29) is 0 Å². The molecule has 0 saturated heterocycles. The highest BCUT2D eigenvalue weighted by molar-refractivity contribution is 7.80. The maximum absolute atomic E-state index is 5.56. The highest BCUT2D eigenvalue weighted by atomic mass is 32.1. The molecule has 1 aromatic rings. The lowest BCUT2D eigenvalue weighted by molar-refractivity contribution is 0.318. The van der Waals surface area contributed by atoms with Crippen molar-refractivity contribution in [3.63, 3.8) is 0 Å². The summed E-state index contributed by atoms with van der Waals surface area (Å²) in [7, 11) is 0. The van der Waals surface area contributed by atoms with Gasteiger partial charge in [-0.05, 0) is 50.3 Å². The minimum atomic E-state index is 0.569. The molecule has 0 bridgehead atoms. The second kappa shape index (κ2) is 8.58. The minimum absolute atomic E-state index is 0.569. The highest BCUT2D eigenvalue weighted by Gasteiger charge is 1.96. The summed E-state index contributed by atoms with van der Waals surface area (Å²) in [6.45, 7) is 6.71. The third kappa shape index (κ3) is 5.72. The number of ether oxygens (including phenoxy) is 2. The molecule has 0 spiro atoms. The van der Waals surface area contributed by atoms with Crippen LogP contribution < -0.4 is 20.1 Å². The Balaban J connectivity index is 2.21. The quantitative estimate of drug-likeness (QED) is 0.584. The van der Waals surface area contributed by atoms with Gasteiger partial charge in [-0.3, -0.25) is 0 Å². The molecule has 4 nitrogen and oxygen atoms in total. The number of thiocarbonyl (C=S) groups is 1. The Kier molecular flexibility index (Phi) is 6.94. The Labute approximate surface area is 114 Å². The number of hydrogen-bond acceptors (Lipinski definition) is 3. The number of benzene rings is 1. The van der Waals surface area contributed by atoms with Gasteiger partial charge in [-0.15, -0.1) is 0 Å². The van der Waals surface area contributed by atoms with E-state index in [0.717, 1.165) is 18.0 Å². The van der Waals surface area contributed by atoms with Gasteiger partial charge in [0.05, 0.1) is 13.2 Å². The van der Waals surface area contributed by atoms with Crippen LogP contribution in [0, 0.1) is 0 Å². The van der Waals surface area contributed by atoms with Gasteiger partial charge in [-0.25, -0.2) is 0 Å². The van der Waals surface area contributed by atoms with Gasteiger partial charge in [-0.1, -0.05) is 0 Å². The molecule has 0 radical (unpaired) electrons. The van der Waals surface area contributed by atoms with E-state index < -0.39 is 0 Å². The molecule has 0 aliphatic heterocycles. The van der Waals surface area contributed by atoms with Crippen LogP contribution in [0.5, 0.6) is 11.5 Å². The van der Waals surface area contributed by atoms with Crippen molar-refractivity contribution in [2.75, 3.05) is 26.3 Å². The summed E-state index contributed by atoms with van der Waals surface area (Å²) in [5.74, 6) is 1.69. The molecule has 18 heavy (non-hydrogen) atoms. The Morgan fingerprint density at radius 1 is 1.06 bits per heavy atom. The summed E-state index contributed by atoms with van der Waals surface area (Å²) >= 11 is 5.04. The van der Waals surface area contributed by atoms with E-state index in [2.05, 4.69) is 10.6 Å². The predicted molar refractivity (Wildman–Crippen MR) is 77.4 cm³/mol.